The van der Waals surface area contributed by atoms with Crippen molar-refractivity contribution in [3.8, 4) is 11.1 Å². The average molecular weight is 595 g/mol. The molecule has 0 saturated carbocycles. The monoisotopic (exact) mass is 593 g/mol. The molecule has 2 amide bonds. The molecule has 3 rings (SSSR count). The average Bonchev–Trinajstić information content (AvgIpc) is 3.20. The lowest BCUT2D eigenvalue weighted by Gasteiger charge is -2.19. The summed E-state index contributed by atoms with van der Waals surface area (Å²) in [6.07, 6.45) is 3.04. The SMILES string of the molecule is CC(=O)NCC1CN(c2ccc(-c3ccc(CN(CC=CBr)CC=CBr)cc3)c(F)c2)C(=O)O1. The first-order valence-electron chi connectivity index (χ1n) is 10.8. The van der Waals surface area contributed by atoms with E-state index in [2.05, 4.69) is 42.1 Å². The molecule has 0 bridgehead atoms. The molecule has 0 aromatic heterocycles. The molecule has 1 atom stereocenters. The second kappa shape index (κ2) is 12.8. The van der Waals surface area contributed by atoms with Crippen LogP contribution in [0.3, 0.4) is 0 Å². The molecule has 0 aliphatic carbocycles. The Morgan fingerprint density at radius 3 is 2.44 bits per heavy atom. The predicted octanol–water partition coefficient (Wildman–Crippen LogP) is 5.57. The number of carbonyl (C=O) groups is 2. The summed E-state index contributed by atoms with van der Waals surface area (Å²) in [6, 6.07) is 12.5. The topological polar surface area (TPSA) is 61.9 Å². The summed E-state index contributed by atoms with van der Waals surface area (Å²) in [5, 5.41) is 2.63. The van der Waals surface area contributed by atoms with E-state index in [1.54, 1.807) is 12.1 Å². The number of hydrogen-bond acceptors (Lipinski definition) is 4. The van der Waals surface area contributed by atoms with Crippen LogP contribution in [0.2, 0.25) is 0 Å². The summed E-state index contributed by atoms with van der Waals surface area (Å²) >= 11 is 6.61. The van der Waals surface area contributed by atoms with Gasteiger partial charge >= 0.3 is 6.09 Å². The second-order valence-corrected chi connectivity index (χ2v) is 8.89. The molecule has 1 heterocycles. The van der Waals surface area contributed by atoms with Gasteiger partial charge in [-0.25, -0.2) is 9.18 Å². The molecular formula is C25H26Br2FN3O3. The molecule has 1 N–H and O–H groups in total. The Morgan fingerprint density at radius 1 is 1.18 bits per heavy atom. The van der Waals surface area contributed by atoms with E-state index in [1.165, 1.54) is 17.9 Å². The summed E-state index contributed by atoms with van der Waals surface area (Å²) in [4.78, 5) is 30.6. The van der Waals surface area contributed by atoms with E-state index in [-0.39, 0.29) is 19.0 Å². The van der Waals surface area contributed by atoms with Gasteiger partial charge in [-0.2, -0.15) is 0 Å². The summed E-state index contributed by atoms with van der Waals surface area (Å²) in [5.74, 6) is -0.620. The van der Waals surface area contributed by atoms with Crippen molar-refractivity contribution in [2.24, 2.45) is 0 Å². The van der Waals surface area contributed by atoms with Crippen LogP contribution in [0.25, 0.3) is 11.1 Å². The highest BCUT2D eigenvalue weighted by Crippen LogP contribution is 2.29. The fourth-order valence-electron chi connectivity index (χ4n) is 3.63. The van der Waals surface area contributed by atoms with Crippen LogP contribution >= 0.6 is 31.9 Å². The van der Waals surface area contributed by atoms with Crippen molar-refractivity contribution in [2.45, 2.75) is 19.6 Å². The summed E-state index contributed by atoms with van der Waals surface area (Å²) in [5.41, 5.74) is 2.76. The highest BCUT2D eigenvalue weighted by molar-refractivity contribution is 9.11. The number of halogens is 3. The van der Waals surface area contributed by atoms with Crippen LogP contribution < -0.4 is 10.2 Å². The summed E-state index contributed by atoms with van der Waals surface area (Å²) < 4.78 is 20.2. The number of amides is 2. The van der Waals surface area contributed by atoms with Gasteiger partial charge in [-0.1, -0.05) is 68.3 Å². The van der Waals surface area contributed by atoms with E-state index in [0.717, 1.165) is 30.8 Å². The molecule has 1 saturated heterocycles. The first kappa shape index (κ1) is 26.1. The Kier molecular flexibility index (Phi) is 9.86. The van der Waals surface area contributed by atoms with Gasteiger partial charge in [0.2, 0.25) is 5.91 Å². The number of ether oxygens (including phenoxy) is 1. The highest BCUT2D eigenvalue weighted by Gasteiger charge is 2.32. The Morgan fingerprint density at radius 2 is 1.85 bits per heavy atom. The van der Waals surface area contributed by atoms with E-state index in [0.29, 0.717) is 11.3 Å². The lowest BCUT2D eigenvalue weighted by Crippen LogP contribution is -2.33. The number of nitrogens with zero attached hydrogens (tertiary/aromatic N) is 2. The van der Waals surface area contributed by atoms with Crippen LogP contribution in [0.15, 0.2) is 64.6 Å². The lowest BCUT2D eigenvalue weighted by atomic mass is 10.0. The maximum Gasteiger partial charge on any atom is 0.414 e. The van der Waals surface area contributed by atoms with Gasteiger partial charge in [-0.15, -0.1) is 0 Å². The Labute approximate surface area is 215 Å². The molecule has 2 aromatic rings. The van der Waals surface area contributed by atoms with Gasteiger partial charge in [-0.3, -0.25) is 14.6 Å². The zero-order valence-corrected chi connectivity index (χ0v) is 21.9. The number of carbonyl (C=O) groups excluding carboxylic acids is 2. The minimum atomic E-state index is -0.555. The normalized spacial score (nSPS) is 16.1. The van der Waals surface area contributed by atoms with Crippen molar-refractivity contribution in [3.05, 3.63) is 76.0 Å². The molecule has 1 unspecified atom stereocenters. The smallest absolute Gasteiger partial charge is 0.414 e. The molecule has 0 spiro atoms. The zero-order chi connectivity index (χ0) is 24.5. The maximum absolute atomic E-state index is 15.0. The van der Waals surface area contributed by atoms with Crippen LogP contribution in [0, 0.1) is 5.82 Å². The Hall–Kier alpha value is -2.49. The van der Waals surface area contributed by atoms with Crippen LogP contribution in [-0.4, -0.2) is 49.2 Å². The fourth-order valence-corrected chi connectivity index (χ4v) is 3.97. The molecule has 6 nitrogen and oxygen atoms in total. The van der Waals surface area contributed by atoms with E-state index >= 15 is 0 Å². The fraction of sp³-hybridized carbons (Fsp3) is 0.280. The minimum Gasteiger partial charge on any atom is -0.442 e. The Balaban J connectivity index is 1.68. The van der Waals surface area contributed by atoms with Crippen molar-refractivity contribution in [1.82, 2.24) is 10.2 Å². The van der Waals surface area contributed by atoms with Gasteiger partial charge in [-0.05, 0) is 39.3 Å². The minimum absolute atomic E-state index is 0.199. The van der Waals surface area contributed by atoms with E-state index < -0.39 is 18.0 Å². The molecule has 0 radical (unpaired) electrons. The first-order chi connectivity index (χ1) is 16.4. The summed E-state index contributed by atoms with van der Waals surface area (Å²) in [7, 11) is 0. The summed E-state index contributed by atoms with van der Waals surface area (Å²) in [6.45, 7) is 4.22. The number of benzene rings is 2. The third-order valence-corrected chi connectivity index (χ3v) is 6.04. The van der Waals surface area contributed by atoms with Crippen LogP contribution in [0.1, 0.15) is 12.5 Å². The number of hydrogen-bond donors (Lipinski definition) is 1. The number of nitrogens with one attached hydrogen (secondary N) is 1. The highest BCUT2D eigenvalue weighted by atomic mass is 79.9. The number of anilines is 1. The molecule has 2 aromatic carbocycles. The van der Waals surface area contributed by atoms with Gasteiger partial charge in [0.1, 0.15) is 11.9 Å². The van der Waals surface area contributed by atoms with E-state index in [9.17, 15) is 14.0 Å². The molecule has 180 valence electrons. The van der Waals surface area contributed by atoms with Gasteiger partial charge in [0.25, 0.3) is 0 Å². The van der Waals surface area contributed by atoms with E-state index in [1.807, 2.05) is 46.4 Å². The molecule has 9 heteroatoms. The third-order valence-electron chi connectivity index (χ3n) is 5.29. The number of cyclic esters (lactones) is 1. The van der Waals surface area contributed by atoms with Crippen molar-refractivity contribution in [2.75, 3.05) is 31.1 Å². The molecule has 1 fully saturated rings. The first-order valence-corrected chi connectivity index (χ1v) is 12.6. The van der Waals surface area contributed by atoms with Gasteiger partial charge in [0.05, 0.1) is 18.8 Å². The second-order valence-electron chi connectivity index (χ2n) is 7.83. The molecule has 34 heavy (non-hydrogen) atoms. The van der Waals surface area contributed by atoms with Crippen molar-refractivity contribution >= 4 is 49.5 Å². The predicted molar refractivity (Wildman–Crippen MR) is 140 cm³/mol. The largest absolute Gasteiger partial charge is 0.442 e. The quantitative estimate of drug-likeness (QED) is 0.390. The number of rotatable bonds is 10. The standard InChI is InChI=1S/C25H26Br2FN3O3/c1-18(32)29-15-22-17-31(25(33)34-22)21-8-9-23(24(28)14-21)20-6-4-19(5-7-20)16-30(12-2-10-26)13-3-11-27/h2-11,14,22H,12-13,15-17H2,1H3,(H,29,32). The van der Waals surface area contributed by atoms with Gasteiger partial charge in [0, 0.05) is 32.1 Å². The Bertz CT molecular complexity index is 1050. The van der Waals surface area contributed by atoms with Crippen LogP contribution in [-0.2, 0) is 16.1 Å². The van der Waals surface area contributed by atoms with Crippen LogP contribution in [0.5, 0.6) is 0 Å². The third kappa shape index (κ3) is 7.25. The van der Waals surface area contributed by atoms with Gasteiger partial charge in [0.15, 0.2) is 0 Å². The molecular weight excluding hydrogens is 569 g/mol. The zero-order valence-electron chi connectivity index (χ0n) is 18.7. The van der Waals surface area contributed by atoms with Crippen LogP contribution in [0.4, 0.5) is 14.9 Å². The van der Waals surface area contributed by atoms with Crippen molar-refractivity contribution < 1.29 is 18.7 Å². The van der Waals surface area contributed by atoms with E-state index in [4.69, 9.17) is 4.74 Å². The maximum atomic E-state index is 15.0. The molecule has 1 aliphatic heterocycles. The van der Waals surface area contributed by atoms with Crippen molar-refractivity contribution in [1.29, 1.82) is 0 Å². The van der Waals surface area contributed by atoms with Gasteiger partial charge < -0.3 is 10.1 Å². The lowest BCUT2D eigenvalue weighted by molar-refractivity contribution is -0.119. The molecule has 1 aliphatic rings. The van der Waals surface area contributed by atoms with Crippen molar-refractivity contribution in [3.63, 3.8) is 0 Å².